The Labute approximate surface area is 112 Å². The fourth-order valence-electron chi connectivity index (χ4n) is 1.96. The second kappa shape index (κ2) is 5.05. The van der Waals surface area contributed by atoms with Crippen LogP contribution in [0.5, 0.6) is 0 Å². The monoisotopic (exact) mass is 289 g/mol. The third-order valence-electron chi connectivity index (χ3n) is 3.06. The van der Waals surface area contributed by atoms with E-state index in [1.54, 1.807) is 18.2 Å². The molecule has 0 amide bonds. The molecule has 7 heteroatoms. The Morgan fingerprint density at radius 2 is 1.83 bits per heavy atom. The van der Waals surface area contributed by atoms with Crippen LogP contribution in [0.1, 0.15) is 0 Å². The summed E-state index contributed by atoms with van der Waals surface area (Å²) < 4.78 is 26.4. The molecule has 1 heterocycles. The Hall–Kier alpha value is -0.820. The van der Waals surface area contributed by atoms with Gasteiger partial charge in [0.1, 0.15) is 4.90 Å². The van der Waals surface area contributed by atoms with E-state index in [-0.39, 0.29) is 15.6 Å². The van der Waals surface area contributed by atoms with E-state index < -0.39 is 10.0 Å². The van der Waals surface area contributed by atoms with Gasteiger partial charge in [0.2, 0.25) is 10.0 Å². The third kappa shape index (κ3) is 2.47. The second-order valence-corrected chi connectivity index (χ2v) is 6.65. The maximum absolute atomic E-state index is 12.5. The highest BCUT2D eigenvalue weighted by Gasteiger charge is 2.30. The zero-order valence-electron chi connectivity index (χ0n) is 10.1. The van der Waals surface area contributed by atoms with Crippen molar-refractivity contribution in [3.05, 3.63) is 23.2 Å². The Morgan fingerprint density at radius 1 is 1.22 bits per heavy atom. The van der Waals surface area contributed by atoms with E-state index in [0.29, 0.717) is 26.2 Å². The van der Waals surface area contributed by atoms with Crippen LogP contribution >= 0.6 is 11.6 Å². The summed E-state index contributed by atoms with van der Waals surface area (Å²) in [5, 5.41) is 0.175. The maximum atomic E-state index is 12.5. The summed E-state index contributed by atoms with van der Waals surface area (Å²) >= 11 is 5.97. The molecule has 0 aliphatic carbocycles. The normalized spacial score (nSPS) is 19.0. The molecule has 1 aromatic rings. The standard InChI is InChI=1S/C11H16ClN3O2S/c1-14-5-7-15(8-6-14)18(16,17)11-9(12)3-2-4-10(11)13/h2-4H,5-8,13H2,1H3. The van der Waals surface area contributed by atoms with Crippen molar-refractivity contribution < 1.29 is 8.42 Å². The summed E-state index contributed by atoms with van der Waals surface area (Å²) in [5.41, 5.74) is 5.94. The van der Waals surface area contributed by atoms with Crippen LogP contribution in [-0.2, 0) is 10.0 Å². The van der Waals surface area contributed by atoms with Crippen molar-refractivity contribution in [2.24, 2.45) is 0 Å². The molecule has 0 atom stereocenters. The Balaban J connectivity index is 2.37. The minimum absolute atomic E-state index is 0.0243. The van der Waals surface area contributed by atoms with Crippen LogP contribution in [0, 0.1) is 0 Å². The van der Waals surface area contributed by atoms with Crippen LogP contribution in [-0.4, -0.2) is 50.8 Å². The molecule has 1 aliphatic heterocycles. The Bertz CT molecular complexity index is 519. The number of sulfonamides is 1. The minimum atomic E-state index is -3.60. The molecule has 0 saturated carbocycles. The average Bonchev–Trinajstić information content (AvgIpc) is 2.29. The van der Waals surface area contributed by atoms with E-state index in [4.69, 9.17) is 17.3 Å². The quantitative estimate of drug-likeness (QED) is 0.820. The molecule has 100 valence electrons. The lowest BCUT2D eigenvalue weighted by molar-refractivity contribution is 0.222. The molecule has 0 unspecified atom stereocenters. The number of nitrogens with two attached hydrogens (primary N) is 1. The van der Waals surface area contributed by atoms with Crippen molar-refractivity contribution in [2.45, 2.75) is 4.90 Å². The second-order valence-electron chi connectivity index (χ2n) is 4.37. The van der Waals surface area contributed by atoms with Crippen LogP contribution in [0.15, 0.2) is 23.1 Å². The van der Waals surface area contributed by atoms with E-state index in [0.717, 1.165) is 0 Å². The average molecular weight is 290 g/mol. The van der Waals surface area contributed by atoms with Gasteiger partial charge in [-0.3, -0.25) is 0 Å². The van der Waals surface area contributed by atoms with Crippen molar-refractivity contribution in [1.82, 2.24) is 9.21 Å². The van der Waals surface area contributed by atoms with Crippen LogP contribution in [0.3, 0.4) is 0 Å². The molecule has 2 N–H and O–H groups in total. The highest BCUT2D eigenvalue weighted by Crippen LogP contribution is 2.30. The maximum Gasteiger partial charge on any atom is 0.246 e. The first-order valence-electron chi connectivity index (χ1n) is 5.65. The van der Waals surface area contributed by atoms with Crippen molar-refractivity contribution in [3.63, 3.8) is 0 Å². The first kappa shape index (κ1) is 13.6. The summed E-state index contributed by atoms with van der Waals surface area (Å²) in [6.45, 7) is 2.35. The number of likely N-dealkylation sites (N-methyl/N-ethyl adjacent to an activating group) is 1. The van der Waals surface area contributed by atoms with E-state index in [2.05, 4.69) is 4.90 Å². The summed E-state index contributed by atoms with van der Waals surface area (Å²) in [4.78, 5) is 2.11. The van der Waals surface area contributed by atoms with Gasteiger partial charge in [-0.2, -0.15) is 4.31 Å². The van der Waals surface area contributed by atoms with Crippen LogP contribution < -0.4 is 5.73 Å². The Morgan fingerprint density at radius 3 is 2.39 bits per heavy atom. The van der Waals surface area contributed by atoms with Crippen molar-refractivity contribution in [2.75, 3.05) is 39.0 Å². The fourth-order valence-corrected chi connectivity index (χ4v) is 4.01. The van der Waals surface area contributed by atoms with Crippen LogP contribution in [0.2, 0.25) is 5.02 Å². The van der Waals surface area contributed by atoms with Gasteiger partial charge < -0.3 is 10.6 Å². The van der Waals surface area contributed by atoms with Gasteiger partial charge in [-0.25, -0.2) is 8.42 Å². The van der Waals surface area contributed by atoms with Crippen molar-refractivity contribution in [1.29, 1.82) is 0 Å². The lowest BCUT2D eigenvalue weighted by Crippen LogP contribution is -2.47. The first-order valence-corrected chi connectivity index (χ1v) is 7.47. The molecular weight excluding hydrogens is 274 g/mol. The molecule has 0 bridgehead atoms. The van der Waals surface area contributed by atoms with Crippen molar-refractivity contribution in [3.8, 4) is 0 Å². The Kier molecular flexibility index (Phi) is 3.82. The first-order chi connectivity index (χ1) is 8.43. The molecule has 2 rings (SSSR count). The van der Waals surface area contributed by atoms with E-state index in [9.17, 15) is 8.42 Å². The number of benzene rings is 1. The van der Waals surface area contributed by atoms with Gasteiger partial charge in [0.25, 0.3) is 0 Å². The summed E-state index contributed by atoms with van der Waals surface area (Å²) in [6.07, 6.45) is 0. The zero-order chi connectivity index (χ0) is 13.3. The molecule has 1 saturated heterocycles. The van der Waals surface area contributed by atoms with E-state index in [1.165, 1.54) is 4.31 Å². The topological polar surface area (TPSA) is 66.6 Å². The predicted octanol–water partition coefficient (Wildman–Crippen LogP) is 0.858. The number of hydrogen-bond donors (Lipinski definition) is 1. The lowest BCUT2D eigenvalue weighted by Gasteiger charge is -2.32. The van der Waals surface area contributed by atoms with E-state index in [1.807, 2.05) is 7.05 Å². The molecule has 0 radical (unpaired) electrons. The van der Waals surface area contributed by atoms with Crippen molar-refractivity contribution >= 4 is 27.3 Å². The summed E-state index contributed by atoms with van der Waals surface area (Å²) in [5.74, 6) is 0. The molecule has 5 nitrogen and oxygen atoms in total. The van der Waals surface area contributed by atoms with Crippen LogP contribution in [0.4, 0.5) is 5.69 Å². The molecule has 0 aromatic heterocycles. The smallest absolute Gasteiger partial charge is 0.246 e. The molecule has 18 heavy (non-hydrogen) atoms. The van der Waals surface area contributed by atoms with Gasteiger partial charge in [-0.15, -0.1) is 0 Å². The minimum Gasteiger partial charge on any atom is -0.398 e. The zero-order valence-corrected chi connectivity index (χ0v) is 11.7. The number of nitrogen functional groups attached to an aromatic ring is 1. The highest BCUT2D eigenvalue weighted by molar-refractivity contribution is 7.89. The number of rotatable bonds is 2. The number of hydrogen-bond acceptors (Lipinski definition) is 4. The molecular formula is C11H16ClN3O2S. The third-order valence-corrected chi connectivity index (χ3v) is 5.50. The number of nitrogens with zero attached hydrogens (tertiary/aromatic N) is 2. The summed E-state index contributed by atoms with van der Waals surface area (Å²) in [6, 6.07) is 4.73. The largest absolute Gasteiger partial charge is 0.398 e. The van der Waals surface area contributed by atoms with Gasteiger partial charge in [0.05, 0.1) is 10.7 Å². The van der Waals surface area contributed by atoms with E-state index >= 15 is 0 Å². The molecule has 1 aromatic carbocycles. The number of piperazine rings is 1. The summed E-state index contributed by atoms with van der Waals surface area (Å²) in [7, 11) is -1.63. The molecule has 1 aliphatic rings. The fraction of sp³-hybridized carbons (Fsp3) is 0.455. The number of anilines is 1. The van der Waals surface area contributed by atoms with Gasteiger partial charge in [0, 0.05) is 26.2 Å². The van der Waals surface area contributed by atoms with Gasteiger partial charge >= 0.3 is 0 Å². The van der Waals surface area contributed by atoms with Crippen LogP contribution in [0.25, 0.3) is 0 Å². The highest BCUT2D eigenvalue weighted by atomic mass is 35.5. The lowest BCUT2D eigenvalue weighted by atomic mass is 10.3. The molecule has 1 fully saturated rings. The molecule has 0 spiro atoms. The predicted molar refractivity (Wildman–Crippen MR) is 72.1 cm³/mol. The van der Waals surface area contributed by atoms with Gasteiger partial charge in [-0.1, -0.05) is 17.7 Å². The van der Waals surface area contributed by atoms with Gasteiger partial charge in [-0.05, 0) is 19.2 Å². The number of halogens is 1. The van der Waals surface area contributed by atoms with Gasteiger partial charge in [0.15, 0.2) is 0 Å². The SMILES string of the molecule is CN1CCN(S(=O)(=O)c2c(N)cccc2Cl)CC1.